The molecule has 4 N–H and O–H groups in total. The molecule has 1 atom stereocenters. The highest BCUT2D eigenvalue weighted by molar-refractivity contribution is 6.01. The Bertz CT molecular complexity index is 1170. The molecule has 10 heteroatoms. The number of aliphatic hydroxyl groups is 1. The van der Waals surface area contributed by atoms with E-state index in [0.29, 0.717) is 5.52 Å². The third-order valence-corrected chi connectivity index (χ3v) is 4.96. The van der Waals surface area contributed by atoms with E-state index in [4.69, 9.17) is 9.84 Å². The van der Waals surface area contributed by atoms with E-state index in [-0.39, 0.29) is 34.4 Å². The summed E-state index contributed by atoms with van der Waals surface area (Å²) in [6.07, 6.45) is -0.368. The molecule has 2 aromatic carbocycles. The van der Waals surface area contributed by atoms with Crippen molar-refractivity contribution in [1.82, 2.24) is 9.88 Å². The van der Waals surface area contributed by atoms with E-state index in [1.165, 1.54) is 43.0 Å². The zero-order valence-electron chi connectivity index (χ0n) is 16.6. The Morgan fingerprint density at radius 1 is 1.23 bits per heavy atom. The van der Waals surface area contributed by atoms with Gasteiger partial charge in [0.15, 0.2) is 11.5 Å². The number of aliphatic carboxylic acids is 1. The Morgan fingerprint density at radius 2 is 1.94 bits per heavy atom. The van der Waals surface area contributed by atoms with Crippen LogP contribution in [-0.2, 0) is 18.3 Å². The van der Waals surface area contributed by atoms with Gasteiger partial charge in [-0.3, -0.25) is 9.59 Å². The first-order valence-corrected chi connectivity index (χ1v) is 9.14. The molecule has 0 aliphatic rings. The first kappa shape index (κ1) is 22.0. The van der Waals surface area contributed by atoms with Crippen LogP contribution >= 0.6 is 0 Å². The summed E-state index contributed by atoms with van der Waals surface area (Å²) >= 11 is 0. The molecular formula is C21H20F2N2O6. The maximum atomic E-state index is 14.5. The fourth-order valence-electron chi connectivity index (χ4n) is 3.36. The van der Waals surface area contributed by atoms with Crippen LogP contribution < -0.4 is 10.1 Å². The van der Waals surface area contributed by atoms with E-state index in [1.54, 1.807) is 0 Å². The number of aromatic hydroxyl groups is 1. The van der Waals surface area contributed by atoms with E-state index >= 15 is 0 Å². The number of halogens is 2. The Kier molecular flexibility index (Phi) is 6.11. The van der Waals surface area contributed by atoms with E-state index in [9.17, 15) is 28.6 Å². The predicted molar refractivity (Wildman–Crippen MR) is 106 cm³/mol. The van der Waals surface area contributed by atoms with Crippen molar-refractivity contribution >= 4 is 22.8 Å². The normalized spacial score (nSPS) is 12.0. The molecule has 0 bridgehead atoms. The molecular weight excluding hydrogens is 414 g/mol. The molecule has 3 rings (SSSR count). The van der Waals surface area contributed by atoms with Crippen molar-refractivity contribution in [2.75, 3.05) is 13.7 Å². The van der Waals surface area contributed by atoms with Crippen molar-refractivity contribution in [3.8, 4) is 11.5 Å². The topological polar surface area (TPSA) is 121 Å². The van der Waals surface area contributed by atoms with Crippen molar-refractivity contribution < 1.29 is 38.4 Å². The third kappa shape index (κ3) is 4.15. The van der Waals surface area contributed by atoms with E-state index in [2.05, 4.69) is 5.32 Å². The number of nitrogens with one attached hydrogen (secondary N) is 1. The highest BCUT2D eigenvalue weighted by atomic mass is 19.1. The number of benzene rings is 2. The monoisotopic (exact) mass is 434 g/mol. The van der Waals surface area contributed by atoms with Gasteiger partial charge in [0.1, 0.15) is 11.5 Å². The van der Waals surface area contributed by atoms with Gasteiger partial charge in [0.25, 0.3) is 5.91 Å². The number of nitrogens with zero attached hydrogens (tertiary/aromatic N) is 1. The quantitative estimate of drug-likeness (QED) is 0.453. The first-order chi connectivity index (χ1) is 14.7. The summed E-state index contributed by atoms with van der Waals surface area (Å²) in [5.41, 5.74) is 0.557. The van der Waals surface area contributed by atoms with Gasteiger partial charge in [-0.2, -0.15) is 4.39 Å². The summed E-state index contributed by atoms with van der Waals surface area (Å²) < 4.78 is 34.9. The first-order valence-electron chi connectivity index (χ1n) is 9.14. The van der Waals surface area contributed by atoms with Gasteiger partial charge in [0, 0.05) is 24.1 Å². The molecule has 8 nitrogen and oxygen atoms in total. The van der Waals surface area contributed by atoms with Crippen molar-refractivity contribution in [3.63, 3.8) is 0 Å². The van der Waals surface area contributed by atoms with Gasteiger partial charge in [0.2, 0.25) is 5.82 Å². The number of carboxylic acids is 1. The molecule has 0 aliphatic carbocycles. The van der Waals surface area contributed by atoms with Crippen LogP contribution in [0.2, 0.25) is 0 Å². The van der Waals surface area contributed by atoms with Gasteiger partial charge >= 0.3 is 5.97 Å². The number of carbonyl (C=O) groups excluding carboxylic acids is 1. The zero-order valence-corrected chi connectivity index (χ0v) is 16.6. The van der Waals surface area contributed by atoms with Crippen LogP contribution in [-0.4, -0.2) is 45.5 Å². The molecule has 164 valence electrons. The van der Waals surface area contributed by atoms with Crippen LogP contribution in [0.1, 0.15) is 27.7 Å². The van der Waals surface area contributed by atoms with E-state index in [0.717, 1.165) is 6.07 Å². The van der Waals surface area contributed by atoms with Gasteiger partial charge in [0.05, 0.1) is 31.7 Å². The summed E-state index contributed by atoms with van der Waals surface area (Å²) in [6, 6.07) is 5.19. The molecule has 3 aromatic rings. The van der Waals surface area contributed by atoms with Crippen LogP contribution in [0.25, 0.3) is 10.9 Å². The maximum Gasteiger partial charge on any atom is 0.307 e. The highest BCUT2D eigenvalue weighted by Gasteiger charge is 2.24. The molecule has 31 heavy (non-hydrogen) atoms. The molecule has 1 heterocycles. The van der Waals surface area contributed by atoms with Gasteiger partial charge in [-0.25, -0.2) is 4.39 Å². The molecule has 0 spiro atoms. The number of aromatic nitrogens is 1. The highest BCUT2D eigenvalue weighted by Crippen LogP contribution is 2.36. The smallest absolute Gasteiger partial charge is 0.307 e. The van der Waals surface area contributed by atoms with Crippen LogP contribution in [0.5, 0.6) is 11.5 Å². The lowest BCUT2D eigenvalue weighted by Gasteiger charge is -2.18. The molecule has 1 aromatic heterocycles. The number of aryl methyl sites for hydroxylation is 1. The van der Waals surface area contributed by atoms with Crippen molar-refractivity contribution in [2.45, 2.75) is 12.5 Å². The zero-order chi connectivity index (χ0) is 22.9. The number of hydrogen-bond acceptors (Lipinski definition) is 5. The summed E-state index contributed by atoms with van der Waals surface area (Å²) in [4.78, 5) is 23.6. The Morgan fingerprint density at radius 3 is 2.52 bits per heavy atom. The minimum absolute atomic E-state index is 0.0271. The number of rotatable bonds is 7. The third-order valence-electron chi connectivity index (χ3n) is 4.96. The number of fused-ring (bicyclic) bond motifs is 1. The largest absolute Gasteiger partial charge is 0.504 e. The molecule has 1 amide bonds. The van der Waals surface area contributed by atoms with E-state index < -0.39 is 41.9 Å². The SMILES string of the molecule is COc1cc2c(cc(C(=O)N[C@H](CO)c3ccc(CC(=O)O)cc3F)n2C)c(O)c1F. The van der Waals surface area contributed by atoms with Crippen LogP contribution in [0.4, 0.5) is 8.78 Å². The summed E-state index contributed by atoms with van der Waals surface area (Å²) in [5.74, 6) is -4.45. The number of carboxylic acid groups (broad SMARTS) is 1. The van der Waals surface area contributed by atoms with Crippen LogP contribution in [0.15, 0.2) is 30.3 Å². The molecule has 0 saturated carbocycles. The fourth-order valence-corrected chi connectivity index (χ4v) is 3.36. The lowest BCUT2D eigenvalue weighted by molar-refractivity contribution is -0.136. The lowest BCUT2D eigenvalue weighted by Crippen LogP contribution is -2.32. The van der Waals surface area contributed by atoms with Gasteiger partial charge in [-0.1, -0.05) is 12.1 Å². The summed E-state index contributed by atoms with van der Waals surface area (Å²) in [7, 11) is 2.76. The molecule has 0 unspecified atom stereocenters. The second kappa shape index (κ2) is 8.60. The molecule has 0 radical (unpaired) electrons. The number of ether oxygens (including phenoxy) is 1. The Labute approximate surface area is 175 Å². The van der Waals surface area contributed by atoms with E-state index in [1.807, 2.05) is 0 Å². The van der Waals surface area contributed by atoms with Gasteiger partial charge < -0.3 is 29.9 Å². The van der Waals surface area contributed by atoms with Crippen LogP contribution in [0, 0.1) is 11.6 Å². The van der Waals surface area contributed by atoms with Crippen molar-refractivity contribution in [3.05, 3.63) is 58.8 Å². The number of phenolic OH excluding ortho intramolecular Hbond substituents is 1. The van der Waals surface area contributed by atoms with Crippen LogP contribution in [0.3, 0.4) is 0 Å². The second-order valence-corrected chi connectivity index (χ2v) is 6.90. The summed E-state index contributed by atoms with van der Waals surface area (Å²) in [6.45, 7) is -0.626. The fraction of sp³-hybridized carbons (Fsp3) is 0.238. The number of carbonyl (C=O) groups is 2. The summed E-state index contributed by atoms with van der Waals surface area (Å²) in [5, 5.41) is 31.2. The lowest BCUT2D eigenvalue weighted by atomic mass is 10.0. The number of amides is 1. The number of hydrogen-bond donors (Lipinski definition) is 4. The average Bonchev–Trinajstić information content (AvgIpc) is 3.05. The molecule has 0 saturated heterocycles. The predicted octanol–water partition coefficient (Wildman–Crippen LogP) is 2.26. The Hall–Kier alpha value is -3.66. The minimum Gasteiger partial charge on any atom is -0.504 e. The second-order valence-electron chi connectivity index (χ2n) is 6.90. The molecule has 0 fully saturated rings. The minimum atomic E-state index is -1.12. The number of methoxy groups -OCH3 is 1. The average molecular weight is 434 g/mol. The number of aliphatic hydroxyl groups excluding tert-OH is 1. The van der Waals surface area contributed by atoms with Gasteiger partial charge in [-0.15, -0.1) is 0 Å². The standard InChI is InChI=1S/C21H20F2N2O6/c1-25-15-8-17(31-2)19(23)20(29)12(15)7-16(25)21(30)24-14(9-26)11-4-3-10(5-13(11)22)6-18(27)28/h3-5,7-8,14,26,29H,6,9H2,1-2H3,(H,24,30)(H,27,28)/t14-/m1/s1. The van der Waals surface area contributed by atoms with Crippen molar-refractivity contribution in [1.29, 1.82) is 0 Å². The molecule has 0 aliphatic heterocycles. The maximum absolute atomic E-state index is 14.5. The number of phenols is 1. The van der Waals surface area contributed by atoms with Gasteiger partial charge in [-0.05, 0) is 17.7 Å². The Balaban J connectivity index is 1.93. The van der Waals surface area contributed by atoms with Crippen molar-refractivity contribution in [2.24, 2.45) is 7.05 Å².